The molecule has 0 radical (unpaired) electrons. The molecule has 2 N–H and O–H groups in total. The lowest BCUT2D eigenvalue weighted by Gasteiger charge is -2.29. The third-order valence-electron chi connectivity index (χ3n) is 5.18. The second kappa shape index (κ2) is 11.0. The van der Waals surface area contributed by atoms with Crippen molar-refractivity contribution in [2.45, 2.75) is 24.5 Å². The van der Waals surface area contributed by atoms with E-state index in [9.17, 15) is 26.4 Å². The second-order valence-electron chi connectivity index (χ2n) is 7.56. The number of rotatable bonds is 8. The summed E-state index contributed by atoms with van der Waals surface area (Å²) in [5.74, 6) is -0.574. The number of alkyl halides is 3. The molecular weight excluding hydrogens is 471 g/mol. The molecule has 0 bridgehead atoms. The lowest BCUT2D eigenvalue weighted by Crippen LogP contribution is -2.36. The van der Waals surface area contributed by atoms with Crippen molar-refractivity contribution in [3.63, 3.8) is 0 Å². The van der Waals surface area contributed by atoms with Gasteiger partial charge in [-0.25, -0.2) is 13.1 Å². The van der Waals surface area contributed by atoms with Gasteiger partial charge in [0.25, 0.3) is 0 Å². The van der Waals surface area contributed by atoms with Gasteiger partial charge in [0.2, 0.25) is 15.9 Å². The Hall–Kier alpha value is -2.89. The number of sulfonamides is 1. The van der Waals surface area contributed by atoms with Gasteiger partial charge in [-0.05, 0) is 41.5 Å². The van der Waals surface area contributed by atoms with Crippen LogP contribution in [0.25, 0.3) is 6.08 Å². The lowest BCUT2D eigenvalue weighted by molar-refractivity contribution is -0.138. The number of carbonyl (C=O) groups excluding carboxylic acids is 1. The zero-order valence-corrected chi connectivity index (χ0v) is 19.4. The number of anilines is 1. The fourth-order valence-corrected chi connectivity index (χ4v) is 4.49. The number of carbonyl (C=O) groups is 1. The average molecular weight is 498 g/mol. The second-order valence-corrected chi connectivity index (χ2v) is 9.33. The third kappa shape index (κ3) is 6.81. The van der Waals surface area contributed by atoms with E-state index in [0.717, 1.165) is 6.07 Å². The first-order valence-corrected chi connectivity index (χ1v) is 12.2. The van der Waals surface area contributed by atoms with Crippen LogP contribution in [0.4, 0.5) is 18.9 Å². The average Bonchev–Trinajstić information content (AvgIpc) is 2.81. The maximum Gasteiger partial charge on any atom is 0.416 e. The zero-order valence-electron chi connectivity index (χ0n) is 18.6. The summed E-state index contributed by atoms with van der Waals surface area (Å²) in [7, 11) is -3.58. The molecule has 0 spiro atoms. The van der Waals surface area contributed by atoms with Gasteiger partial charge in [0.1, 0.15) is 0 Å². The summed E-state index contributed by atoms with van der Waals surface area (Å²) in [6.45, 7) is 3.58. The molecule has 0 unspecified atom stereocenters. The van der Waals surface area contributed by atoms with Gasteiger partial charge in [-0.2, -0.15) is 13.2 Å². The number of nitrogens with one attached hydrogen (secondary N) is 2. The SMILES string of the molecule is CCNS(=O)(=O)c1ccc(/C=C/C(=O)NCc2ccc(N3CCOCC3)cc2C(F)(F)F)cc1. The van der Waals surface area contributed by atoms with Crippen molar-refractivity contribution in [3.8, 4) is 0 Å². The fourth-order valence-electron chi connectivity index (χ4n) is 3.45. The van der Waals surface area contributed by atoms with Crippen molar-refractivity contribution in [2.24, 2.45) is 0 Å². The van der Waals surface area contributed by atoms with E-state index in [1.54, 1.807) is 13.0 Å². The molecule has 1 fully saturated rings. The van der Waals surface area contributed by atoms with Crippen LogP contribution in [0.5, 0.6) is 0 Å². The standard InChI is InChI=1S/C23H26F3N3O4S/c1-2-28-34(31,32)20-8-3-17(4-9-20)5-10-22(30)27-16-18-6-7-19(15-21(18)23(24,25)26)29-11-13-33-14-12-29/h3-10,15,28H,2,11-14,16H2,1H3,(H,27,30)/b10-5+. The Morgan fingerprint density at radius 3 is 2.41 bits per heavy atom. The van der Waals surface area contributed by atoms with E-state index in [-0.39, 0.29) is 23.5 Å². The fraction of sp³-hybridized carbons (Fsp3) is 0.348. The molecule has 2 aromatic carbocycles. The Labute approximate surface area is 196 Å². The lowest BCUT2D eigenvalue weighted by atomic mass is 10.0. The predicted octanol–water partition coefficient (Wildman–Crippen LogP) is 3.17. The van der Waals surface area contributed by atoms with Crippen molar-refractivity contribution in [1.29, 1.82) is 0 Å². The quantitative estimate of drug-likeness (QED) is 0.547. The molecule has 0 saturated carbocycles. The van der Waals surface area contributed by atoms with Gasteiger partial charge >= 0.3 is 6.18 Å². The van der Waals surface area contributed by atoms with E-state index in [4.69, 9.17) is 4.74 Å². The van der Waals surface area contributed by atoms with Crippen LogP contribution < -0.4 is 14.9 Å². The summed E-state index contributed by atoms with van der Waals surface area (Å²) in [5, 5.41) is 2.47. The zero-order chi connectivity index (χ0) is 24.8. The molecule has 11 heteroatoms. The molecule has 1 aliphatic rings. The number of halogens is 3. The van der Waals surface area contributed by atoms with Crippen molar-refractivity contribution in [3.05, 3.63) is 65.2 Å². The smallest absolute Gasteiger partial charge is 0.378 e. The first-order valence-electron chi connectivity index (χ1n) is 10.7. The Balaban J connectivity index is 1.65. The van der Waals surface area contributed by atoms with E-state index in [1.807, 2.05) is 4.90 Å². The Morgan fingerprint density at radius 1 is 1.12 bits per heavy atom. The Kier molecular flexibility index (Phi) is 8.34. The van der Waals surface area contributed by atoms with Crippen LogP contribution in [0, 0.1) is 0 Å². The van der Waals surface area contributed by atoms with Crippen LogP contribution in [0.1, 0.15) is 23.6 Å². The van der Waals surface area contributed by atoms with Crippen LogP contribution in [-0.4, -0.2) is 47.2 Å². The molecular formula is C23H26F3N3O4S. The van der Waals surface area contributed by atoms with Crippen molar-refractivity contribution in [1.82, 2.24) is 10.0 Å². The van der Waals surface area contributed by atoms with Crippen LogP contribution in [0.2, 0.25) is 0 Å². The number of amides is 1. The first-order chi connectivity index (χ1) is 16.1. The highest BCUT2D eigenvalue weighted by Gasteiger charge is 2.34. The molecule has 3 rings (SSSR count). The summed E-state index contributed by atoms with van der Waals surface area (Å²) in [6.07, 6.45) is -1.93. The van der Waals surface area contributed by atoms with Crippen molar-refractivity contribution in [2.75, 3.05) is 37.7 Å². The molecule has 184 valence electrons. The van der Waals surface area contributed by atoms with Crippen LogP contribution >= 0.6 is 0 Å². The molecule has 0 aromatic heterocycles. The van der Waals surface area contributed by atoms with Crippen LogP contribution in [0.3, 0.4) is 0 Å². The first kappa shape index (κ1) is 25.7. The monoisotopic (exact) mass is 497 g/mol. The van der Waals surface area contributed by atoms with E-state index >= 15 is 0 Å². The summed E-state index contributed by atoms with van der Waals surface area (Å²) in [5.41, 5.74) is 0.198. The molecule has 0 atom stereocenters. The molecule has 2 aromatic rings. The van der Waals surface area contributed by atoms with Crippen molar-refractivity contribution < 1.29 is 31.1 Å². The highest BCUT2D eigenvalue weighted by molar-refractivity contribution is 7.89. The third-order valence-corrected chi connectivity index (χ3v) is 6.74. The van der Waals surface area contributed by atoms with Gasteiger partial charge in [-0.15, -0.1) is 0 Å². The van der Waals surface area contributed by atoms with E-state index in [0.29, 0.717) is 37.6 Å². The van der Waals surface area contributed by atoms with E-state index in [1.165, 1.54) is 42.5 Å². The van der Waals surface area contributed by atoms with E-state index < -0.39 is 27.7 Å². The normalized spacial score (nSPS) is 15.0. The molecule has 1 heterocycles. The molecule has 34 heavy (non-hydrogen) atoms. The number of benzene rings is 2. The number of ether oxygens (including phenoxy) is 1. The maximum absolute atomic E-state index is 13.6. The minimum Gasteiger partial charge on any atom is -0.378 e. The van der Waals surface area contributed by atoms with Gasteiger partial charge in [0.15, 0.2) is 0 Å². The Morgan fingerprint density at radius 2 is 1.79 bits per heavy atom. The number of hydrogen-bond donors (Lipinski definition) is 2. The summed E-state index contributed by atoms with van der Waals surface area (Å²) in [4.78, 5) is 14.1. The van der Waals surface area contributed by atoms with Gasteiger partial charge in [0, 0.05) is 37.9 Å². The Bertz CT molecular complexity index is 1130. The maximum atomic E-state index is 13.6. The number of morpholine rings is 1. The summed E-state index contributed by atoms with van der Waals surface area (Å²) >= 11 is 0. The van der Waals surface area contributed by atoms with Gasteiger partial charge in [0.05, 0.1) is 23.7 Å². The van der Waals surface area contributed by atoms with Crippen molar-refractivity contribution >= 4 is 27.7 Å². The minimum atomic E-state index is -4.56. The molecule has 0 aliphatic carbocycles. The van der Waals surface area contributed by atoms with Gasteiger partial charge in [-0.1, -0.05) is 25.1 Å². The summed E-state index contributed by atoms with van der Waals surface area (Å²) in [6, 6.07) is 9.95. The van der Waals surface area contributed by atoms with Gasteiger partial charge in [-0.3, -0.25) is 4.79 Å². The summed E-state index contributed by atoms with van der Waals surface area (Å²) < 4.78 is 72.4. The molecule has 1 amide bonds. The number of hydrogen-bond acceptors (Lipinski definition) is 5. The highest BCUT2D eigenvalue weighted by Crippen LogP contribution is 2.35. The minimum absolute atomic E-state index is 0.0377. The highest BCUT2D eigenvalue weighted by atomic mass is 32.2. The molecule has 7 nitrogen and oxygen atoms in total. The molecule has 1 saturated heterocycles. The van der Waals surface area contributed by atoms with E-state index in [2.05, 4.69) is 10.0 Å². The largest absolute Gasteiger partial charge is 0.416 e. The topological polar surface area (TPSA) is 87.7 Å². The van der Waals surface area contributed by atoms with Gasteiger partial charge < -0.3 is 15.0 Å². The number of nitrogens with zero attached hydrogens (tertiary/aromatic N) is 1. The molecule has 1 aliphatic heterocycles. The van der Waals surface area contributed by atoms with Crippen LogP contribution in [-0.2, 0) is 32.3 Å². The predicted molar refractivity (Wildman–Crippen MR) is 123 cm³/mol. The van der Waals surface area contributed by atoms with Crippen LogP contribution in [0.15, 0.2) is 53.4 Å².